The molecule has 11 rings (SSSR count). The number of fused-ring (bicyclic) bond motifs is 2. The Morgan fingerprint density at radius 3 is 1.75 bits per heavy atom. The number of benzene rings is 5. The van der Waals surface area contributed by atoms with Crippen LogP contribution >= 0.6 is 23.2 Å². The highest BCUT2D eigenvalue weighted by Crippen LogP contribution is 2.37. The van der Waals surface area contributed by atoms with E-state index in [1.165, 1.54) is 36.1 Å². The summed E-state index contributed by atoms with van der Waals surface area (Å²) < 4.78 is 100. The summed E-state index contributed by atoms with van der Waals surface area (Å²) in [6, 6.07) is 21.3. The largest absolute Gasteiger partial charge is 0.495 e. The molecule has 0 radical (unpaired) electrons. The number of imide groups is 1. The lowest BCUT2D eigenvalue weighted by Gasteiger charge is -2.38. The Kier molecular flexibility index (Phi) is 15.9. The molecule has 0 fully saturated rings. The van der Waals surface area contributed by atoms with Crippen molar-refractivity contribution in [2.24, 2.45) is 4.99 Å². The number of amides is 2. The minimum atomic E-state index is -1.66. The van der Waals surface area contributed by atoms with Crippen LogP contribution in [0.1, 0.15) is 84.8 Å². The molecule has 21 heteroatoms. The fourth-order valence-corrected chi connectivity index (χ4v) is 10.7. The van der Waals surface area contributed by atoms with Crippen molar-refractivity contribution >= 4 is 40.9 Å². The Bertz CT molecular complexity index is 3890. The number of hydrogen-bond donors (Lipinski definition) is 0. The first-order chi connectivity index (χ1) is 38.9. The SMILES string of the molecule is COc1cc(CC2=CC(Cl)=CN3C2=NCCC3c2cc(F)c(F)c(F)c2)ccc1-n1cnc(C)c1.COc1cc(Cc2cc(Cl)cn(C(CCN3C(=O)c4ccccc4C3=O)c3cc(F)c(F)c(F)c3)c2=O)ccc1-n1cnc(C)c1. The Balaban J connectivity index is 0.000000189. The van der Waals surface area contributed by atoms with E-state index in [9.17, 15) is 40.7 Å². The Morgan fingerprint density at radius 2 is 1.22 bits per heavy atom. The second kappa shape index (κ2) is 23.2. The number of amidine groups is 1. The van der Waals surface area contributed by atoms with Crippen LogP contribution in [-0.4, -0.2) is 78.4 Å². The van der Waals surface area contributed by atoms with Gasteiger partial charge in [-0.1, -0.05) is 47.5 Å². The molecule has 6 heterocycles. The molecule has 81 heavy (non-hydrogen) atoms. The third-order valence-corrected chi connectivity index (χ3v) is 14.5. The average molecular weight is 1150 g/mol. The molecule has 2 amide bonds. The maximum atomic E-state index is 14.5. The number of aliphatic imine (C=N–C) groups is 1. The number of aryl methyl sites for hydroxylation is 2. The fourth-order valence-electron chi connectivity index (χ4n) is 10.3. The molecule has 5 aromatic carbocycles. The quantitative estimate of drug-likeness (QED) is 0.0598. The van der Waals surface area contributed by atoms with Crippen LogP contribution in [0.25, 0.3) is 11.4 Å². The van der Waals surface area contributed by atoms with Crippen LogP contribution in [0.5, 0.6) is 11.5 Å². The lowest BCUT2D eigenvalue weighted by atomic mass is 9.94. The molecule has 2 atom stereocenters. The third kappa shape index (κ3) is 11.4. The van der Waals surface area contributed by atoms with Crippen LogP contribution < -0.4 is 15.0 Å². The Labute approximate surface area is 470 Å². The molecule has 0 N–H and O–H groups in total. The molecule has 0 aliphatic carbocycles. The van der Waals surface area contributed by atoms with E-state index < -0.39 is 64.4 Å². The van der Waals surface area contributed by atoms with Crippen LogP contribution in [0.4, 0.5) is 26.3 Å². The van der Waals surface area contributed by atoms with Gasteiger partial charge in [-0.25, -0.2) is 36.3 Å². The molecule has 0 spiro atoms. The Morgan fingerprint density at radius 1 is 0.679 bits per heavy atom. The van der Waals surface area contributed by atoms with Crippen LogP contribution in [0.3, 0.4) is 0 Å². The number of carbonyl (C=O) groups is 2. The maximum Gasteiger partial charge on any atom is 0.261 e. The normalized spacial score (nSPS) is 15.1. The number of aromatic nitrogens is 5. The summed E-state index contributed by atoms with van der Waals surface area (Å²) in [4.78, 5) is 56.0. The lowest BCUT2D eigenvalue weighted by molar-refractivity contribution is 0.0648. The van der Waals surface area contributed by atoms with Gasteiger partial charge in [-0.05, 0) is 122 Å². The van der Waals surface area contributed by atoms with Crippen molar-refractivity contribution in [3.05, 3.63) is 246 Å². The van der Waals surface area contributed by atoms with Crippen molar-refractivity contribution in [2.45, 2.75) is 51.6 Å². The number of methoxy groups -OCH3 is 2. The minimum Gasteiger partial charge on any atom is -0.495 e. The first kappa shape index (κ1) is 55.6. The zero-order chi connectivity index (χ0) is 57.4. The van der Waals surface area contributed by atoms with Crippen molar-refractivity contribution in [1.29, 1.82) is 0 Å². The molecule has 0 saturated carbocycles. The maximum absolute atomic E-state index is 14.5. The van der Waals surface area contributed by atoms with Gasteiger partial charge in [0.05, 0.1) is 82.9 Å². The molecule has 3 aromatic heterocycles. The van der Waals surface area contributed by atoms with Gasteiger partial charge in [-0.2, -0.15) is 0 Å². The molecule has 3 aliphatic rings. The van der Waals surface area contributed by atoms with Gasteiger partial charge >= 0.3 is 0 Å². The van der Waals surface area contributed by atoms with Gasteiger partial charge in [-0.15, -0.1) is 0 Å². The van der Waals surface area contributed by atoms with Gasteiger partial charge in [0, 0.05) is 61.9 Å². The van der Waals surface area contributed by atoms with Crippen LogP contribution in [0.15, 0.2) is 155 Å². The number of ether oxygens (including phenoxy) is 2. The molecular weight excluding hydrogens is 1100 g/mol. The van der Waals surface area contributed by atoms with Crippen LogP contribution in [0.2, 0.25) is 5.02 Å². The highest BCUT2D eigenvalue weighted by Gasteiger charge is 2.36. The molecule has 2 unspecified atom stereocenters. The Hall–Kier alpha value is -8.68. The first-order valence-electron chi connectivity index (χ1n) is 25.3. The minimum absolute atomic E-state index is 0.0787. The summed E-state index contributed by atoms with van der Waals surface area (Å²) in [6.07, 6.45) is 13.0. The second-order valence-electron chi connectivity index (χ2n) is 19.4. The average Bonchev–Trinajstić information content (AvgIpc) is 4.19. The molecule has 8 aromatic rings. The number of pyridine rings is 1. The molecule has 0 bridgehead atoms. The number of hydrogen-bond acceptors (Lipinski definition) is 9. The smallest absolute Gasteiger partial charge is 0.261 e. The lowest BCUT2D eigenvalue weighted by Crippen LogP contribution is -2.38. The predicted octanol–water partition coefficient (Wildman–Crippen LogP) is 12.3. The van der Waals surface area contributed by atoms with Gasteiger partial charge in [0.2, 0.25) is 0 Å². The summed E-state index contributed by atoms with van der Waals surface area (Å²) in [7, 11) is 3.14. The van der Waals surface area contributed by atoms with Crippen molar-refractivity contribution in [3.63, 3.8) is 0 Å². The number of nitrogens with zero attached hydrogens (tertiary/aromatic N) is 8. The van der Waals surface area contributed by atoms with Crippen LogP contribution in [-0.2, 0) is 12.8 Å². The number of carbonyl (C=O) groups excluding carboxylic acids is 2. The first-order valence-corrected chi connectivity index (χ1v) is 26.1. The van der Waals surface area contributed by atoms with Gasteiger partial charge < -0.3 is 28.1 Å². The van der Waals surface area contributed by atoms with E-state index in [4.69, 9.17) is 32.7 Å². The van der Waals surface area contributed by atoms with E-state index in [0.717, 1.165) is 63.1 Å². The van der Waals surface area contributed by atoms with Crippen LogP contribution in [0, 0.1) is 48.8 Å². The van der Waals surface area contributed by atoms with E-state index in [0.29, 0.717) is 52.9 Å². The van der Waals surface area contributed by atoms with E-state index in [1.807, 2.05) is 76.7 Å². The van der Waals surface area contributed by atoms with Gasteiger partial charge in [0.1, 0.15) is 17.3 Å². The van der Waals surface area contributed by atoms with Crippen molar-refractivity contribution in [2.75, 3.05) is 27.3 Å². The fraction of sp³-hybridized carbons (Fsp3) is 0.200. The van der Waals surface area contributed by atoms with Crippen molar-refractivity contribution in [3.8, 4) is 22.9 Å². The summed E-state index contributed by atoms with van der Waals surface area (Å²) in [5, 5.41) is 0.618. The molecular formula is C60H48Cl2F6N8O5. The standard InChI is InChI=1S/C34H26ClF3N4O4.C26H22ClF3N4O/c1-19-16-40(18-39-19)29-8-7-20(12-30(29)46-2)11-22-13-23(35)17-42(32(22)43)28(21-14-26(36)31(38)27(37)15-21)9-10-41-33(44)24-5-3-4-6-25(24)34(41)45;1-15-12-33(14-32-15)23-4-3-16(8-24(23)35-2)7-18-9-19(27)13-34-22(5-6-31-26(18)34)17-10-20(28)25(30)21(29)11-17/h3-8,12-18,28H,9-11H2,1-2H3;3-4,8-14,22H,5-7H2,1-2H3. The van der Waals surface area contributed by atoms with E-state index in [2.05, 4.69) is 15.0 Å². The van der Waals surface area contributed by atoms with Gasteiger partial charge in [-0.3, -0.25) is 24.3 Å². The summed E-state index contributed by atoms with van der Waals surface area (Å²) in [5.41, 5.74) is 6.32. The number of rotatable bonds is 14. The summed E-state index contributed by atoms with van der Waals surface area (Å²) >= 11 is 12.9. The highest BCUT2D eigenvalue weighted by molar-refractivity contribution is 6.32. The number of imidazole rings is 2. The van der Waals surface area contributed by atoms with Gasteiger partial charge in [0.15, 0.2) is 34.9 Å². The highest BCUT2D eigenvalue weighted by atomic mass is 35.5. The molecule has 0 saturated heterocycles. The van der Waals surface area contributed by atoms with Crippen molar-refractivity contribution in [1.82, 2.24) is 33.5 Å². The van der Waals surface area contributed by atoms with E-state index in [1.54, 1.807) is 44.2 Å². The third-order valence-electron chi connectivity index (χ3n) is 14.1. The molecule has 414 valence electrons. The van der Waals surface area contributed by atoms with Crippen molar-refractivity contribution < 1.29 is 45.4 Å². The monoisotopic (exact) mass is 1140 g/mol. The van der Waals surface area contributed by atoms with Gasteiger partial charge in [0.25, 0.3) is 17.4 Å². The van der Waals surface area contributed by atoms with E-state index in [-0.39, 0.29) is 46.7 Å². The summed E-state index contributed by atoms with van der Waals surface area (Å²) in [6.45, 7) is 4.05. The van der Waals surface area contributed by atoms with E-state index >= 15 is 0 Å². The predicted molar refractivity (Wildman–Crippen MR) is 293 cm³/mol. The molecule has 13 nitrogen and oxygen atoms in total. The topological polar surface area (TPSA) is 129 Å². The number of allylic oxidation sites excluding steroid dienone is 2. The second-order valence-corrected chi connectivity index (χ2v) is 20.3. The zero-order valence-electron chi connectivity index (χ0n) is 43.7. The molecule has 3 aliphatic heterocycles. The summed E-state index contributed by atoms with van der Waals surface area (Å²) in [5.74, 6) is -7.63. The number of halogens is 8. The zero-order valence-corrected chi connectivity index (χ0v) is 45.3.